The first-order chi connectivity index (χ1) is 9.88. The molecule has 0 aromatic heterocycles. The van der Waals surface area contributed by atoms with E-state index in [1.807, 2.05) is 6.92 Å². The van der Waals surface area contributed by atoms with Crippen molar-refractivity contribution in [2.24, 2.45) is 0 Å². The summed E-state index contributed by atoms with van der Waals surface area (Å²) in [6.45, 7) is 7.14. The second-order valence-corrected chi connectivity index (χ2v) is 8.00. The zero-order valence-electron chi connectivity index (χ0n) is 13.1. The molecule has 0 radical (unpaired) electrons. The van der Waals surface area contributed by atoms with Crippen LogP contribution < -0.4 is 4.72 Å². The minimum absolute atomic E-state index is 0.0979. The van der Waals surface area contributed by atoms with Gasteiger partial charge < -0.3 is 4.74 Å². The van der Waals surface area contributed by atoms with Crippen LogP contribution in [-0.2, 0) is 21.2 Å². The summed E-state index contributed by atoms with van der Waals surface area (Å²) in [5, 5.41) is -0.312. The molecule has 1 aromatic rings. The van der Waals surface area contributed by atoms with Crippen molar-refractivity contribution >= 4 is 10.0 Å². The lowest BCUT2D eigenvalue weighted by Gasteiger charge is -2.24. The average Bonchev–Trinajstić information content (AvgIpc) is 2.42. The van der Waals surface area contributed by atoms with Gasteiger partial charge in [0.15, 0.2) is 0 Å². The molecular formula is C16H25NO3S. The number of ether oxygens (including phenoxy) is 1. The second-order valence-electron chi connectivity index (χ2n) is 6.01. The van der Waals surface area contributed by atoms with Crippen LogP contribution in [0.3, 0.4) is 0 Å². The molecule has 0 saturated carbocycles. The maximum atomic E-state index is 12.4. The highest BCUT2D eigenvalue weighted by molar-refractivity contribution is 7.90. The van der Waals surface area contributed by atoms with Gasteiger partial charge in [0.25, 0.3) is 0 Å². The molecule has 1 fully saturated rings. The minimum atomic E-state index is -3.25. The number of aryl methyl sites for hydroxylation is 2. The molecule has 0 aliphatic carbocycles. The number of rotatable bonds is 5. The van der Waals surface area contributed by atoms with Gasteiger partial charge in [-0.3, -0.25) is 0 Å². The zero-order chi connectivity index (χ0) is 15.5. The summed E-state index contributed by atoms with van der Waals surface area (Å²) < 4.78 is 32.8. The van der Waals surface area contributed by atoms with Gasteiger partial charge in [0, 0.05) is 19.3 Å². The Hall–Kier alpha value is -0.910. The molecule has 5 heteroatoms. The van der Waals surface area contributed by atoms with Crippen LogP contribution in [0.1, 0.15) is 36.5 Å². The normalized spacial score (nSPS) is 18.6. The predicted octanol–water partition coefficient (Wildman–Crippen LogP) is 2.33. The van der Waals surface area contributed by atoms with Crippen LogP contribution in [0.5, 0.6) is 0 Å². The lowest BCUT2D eigenvalue weighted by molar-refractivity contribution is 0.0981. The average molecular weight is 311 g/mol. The Morgan fingerprint density at radius 3 is 2.57 bits per heavy atom. The molecule has 1 aromatic carbocycles. The highest BCUT2D eigenvalue weighted by atomic mass is 32.2. The molecule has 118 valence electrons. The molecule has 1 aliphatic rings. The molecule has 2 rings (SSSR count). The molecule has 4 nitrogen and oxygen atoms in total. The largest absolute Gasteiger partial charge is 0.381 e. The van der Waals surface area contributed by atoms with E-state index in [4.69, 9.17) is 4.74 Å². The molecule has 1 N–H and O–H groups in total. The Labute approximate surface area is 127 Å². The molecular weight excluding hydrogens is 286 g/mol. The lowest BCUT2D eigenvalue weighted by atomic mass is 10.0. The first-order valence-corrected chi connectivity index (χ1v) is 9.08. The molecule has 0 bridgehead atoms. The summed E-state index contributed by atoms with van der Waals surface area (Å²) >= 11 is 0. The first-order valence-electron chi connectivity index (χ1n) is 7.53. The highest BCUT2D eigenvalue weighted by Crippen LogP contribution is 2.17. The van der Waals surface area contributed by atoms with E-state index in [1.54, 1.807) is 0 Å². The van der Waals surface area contributed by atoms with Crippen LogP contribution in [0.2, 0.25) is 0 Å². The van der Waals surface area contributed by atoms with Gasteiger partial charge >= 0.3 is 0 Å². The Kier molecular flexibility index (Phi) is 5.41. The van der Waals surface area contributed by atoms with Crippen molar-refractivity contribution in [3.05, 3.63) is 34.9 Å². The molecule has 21 heavy (non-hydrogen) atoms. The molecule has 1 unspecified atom stereocenters. The van der Waals surface area contributed by atoms with E-state index in [1.165, 1.54) is 16.7 Å². The van der Waals surface area contributed by atoms with E-state index < -0.39 is 10.0 Å². The van der Waals surface area contributed by atoms with Gasteiger partial charge in [0.1, 0.15) is 0 Å². The van der Waals surface area contributed by atoms with Crippen molar-refractivity contribution in [2.45, 2.75) is 51.3 Å². The molecule has 1 aliphatic heterocycles. The fraction of sp³-hybridized carbons (Fsp3) is 0.625. The third kappa shape index (κ3) is 4.53. The van der Waals surface area contributed by atoms with Crippen molar-refractivity contribution < 1.29 is 13.2 Å². The van der Waals surface area contributed by atoms with Crippen LogP contribution in [0.15, 0.2) is 18.2 Å². The molecule has 1 heterocycles. The Bertz CT molecular complexity index is 577. The van der Waals surface area contributed by atoms with Crippen LogP contribution in [0, 0.1) is 13.8 Å². The van der Waals surface area contributed by atoms with Crippen molar-refractivity contribution in [3.63, 3.8) is 0 Å². The maximum Gasteiger partial charge on any atom is 0.214 e. The van der Waals surface area contributed by atoms with E-state index >= 15 is 0 Å². The fourth-order valence-corrected chi connectivity index (χ4v) is 4.46. The maximum absolute atomic E-state index is 12.4. The van der Waals surface area contributed by atoms with Gasteiger partial charge in [-0.05, 0) is 51.2 Å². The topological polar surface area (TPSA) is 55.4 Å². The van der Waals surface area contributed by atoms with E-state index in [9.17, 15) is 8.42 Å². The molecule has 1 atom stereocenters. The van der Waals surface area contributed by atoms with Crippen molar-refractivity contribution in [1.29, 1.82) is 0 Å². The van der Waals surface area contributed by atoms with E-state index in [-0.39, 0.29) is 11.3 Å². The minimum Gasteiger partial charge on any atom is -0.381 e. The highest BCUT2D eigenvalue weighted by Gasteiger charge is 2.28. The monoisotopic (exact) mass is 311 g/mol. The summed E-state index contributed by atoms with van der Waals surface area (Å²) in [6, 6.07) is 6.19. The summed E-state index contributed by atoms with van der Waals surface area (Å²) in [5.41, 5.74) is 3.64. The summed E-state index contributed by atoms with van der Waals surface area (Å²) in [7, 11) is -3.25. The number of hydrogen-bond acceptors (Lipinski definition) is 3. The lowest BCUT2D eigenvalue weighted by Crippen LogP contribution is -2.42. The van der Waals surface area contributed by atoms with Gasteiger partial charge in [-0.1, -0.05) is 23.8 Å². The van der Waals surface area contributed by atoms with E-state index in [0.717, 1.165) is 0 Å². The predicted molar refractivity (Wildman–Crippen MR) is 85.0 cm³/mol. The number of sulfonamides is 1. The first kappa shape index (κ1) is 16.5. The Morgan fingerprint density at radius 1 is 1.29 bits per heavy atom. The van der Waals surface area contributed by atoms with Crippen LogP contribution in [0.25, 0.3) is 0 Å². The van der Waals surface area contributed by atoms with E-state index in [2.05, 4.69) is 36.8 Å². The van der Waals surface area contributed by atoms with Gasteiger partial charge in [0.05, 0.1) is 5.25 Å². The summed E-state index contributed by atoms with van der Waals surface area (Å²) in [6.07, 6.45) is 1.89. The third-order valence-electron chi connectivity index (χ3n) is 4.00. The Balaban J connectivity index is 1.98. The second kappa shape index (κ2) is 6.90. The van der Waals surface area contributed by atoms with Crippen molar-refractivity contribution in [1.82, 2.24) is 4.72 Å². The van der Waals surface area contributed by atoms with Gasteiger partial charge in [0.2, 0.25) is 10.0 Å². The van der Waals surface area contributed by atoms with Crippen molar-refractivity contribution in [3.8, 4) is 0 Å². The van der Waals surface area contributed by atoms with Crippen LogP contribution in [-0.4, -0.2) is 32.9 Å². The standard InChI is InChI=1S/C16H25NO3S/c1-12-4-5-15(13(2)10-12)11-14(3)17-21(18,19)16-6-8-20-9-7-16/h4-5,10,14,16-17H,6-9,11H2,1-3H3. The molecule has 1 saturated heterocycles. The molecule has 0 spiro atoms. The van der Waals surface area contributed by atoms with Crippen molar-refractivity contribution in [2.75, 3.05) is 13.2 Å². The number of nitrogens with one attached hydrogen (secondary N) is 1. The van der Waals surface area contributed by atoms with Crippen LogP contribution in [0.4, 0.5) is 0 Å². The zero-order valence-corrected chi connectivity index (χ0v) is 13.9. The fourth-order valence-electron chi connectivity index (χ4n) is 2.81. The molecule has 0 amide bonds. The third-order valence-corrected chi connectivity index (χ3v) is 6.08. The van der Waals surface area contributed by atoms with Gasteiger partial charge in [-0.25, -0.2) is 13.1 Å². The Morgan fingerprint density at radius 2 is 1.95 bits per heavy atom. The SMILES string of the molecule is Cc1ccc(CC(C)NS(=O)(=O)C2CCOCC2)c(C)c1. The summed E-state index contributed by atoms with van der Waals surface area (Å²) in [4.78, 5) is 0. The van der Waals surface area contributed by atoms with Gasteiger partial charge in [-0.15, -0.1) is 0 Å². The summed E-state index contributed by atoms with van der Waals surface area (Å²) in [5.74, 6) is 0. The smallest absolute Gasteiger partial charge is 0.214 e. The van der Waals surface area contributed by atoms with E-state index in [0.29, 0.717) is 32.5 Å². The quantitative estimate of drug-likeness (QED) is 0.908. The number of hydrogen-bond donors (Lipinski definition) is 1. The van der Waals surface area contributed by atoms with Crippen LogP contribution >= 0.6 is 0 Å². The number of benzene rings is 1. The van der Waals surface area contributed by atoms with Gasteiger partial charge in [-0.2, -0.15) is 0 Å².